The van der Waals surface area contributed by atoms with Gasteiger partial charge in [0, 0.05) is 31.5 Å². The van der Waals surface area contributed by atoms with Crippen LogP contribution in [0.3, 0.4) is 0 Å². The number of halogens is 3. The average Bonchev–Trinajstić information content (AvgIpc) is 3.11. The van der Waals surface area contributed by atoms with Gasteiger partial charge in [0.2, 0.25) is 5.62 Å². The van der Waals surface area contributed by atoms with E-state index in [0.717, 1.165) is 27.8 Å². The van der Waals surface area contributed by atoms with Gasteiger partial charge in [-0.05, 0) is 77.2 Å². The van der Waals surface area contributed by atoms with Crippen LogP contribution in [0.15, 0.2) is 67.0 Å². The van der Waals surface area contributed by atoms with Gasteiger partial charge in [-0.1, -0.05) is 35.3 Å². The number of aryl methyl sites for hydroxylation is 2. The lowest BCUT2D eigenvalue weighted by molar-refractivity contribution is 0.0951. The molecule has 0 aliphatic heterocycles. The fraction of sp³-hybridized carbons (Fsp3) is 0.154. The Morgan fingerprint density at radius 1 is 1.00 bits per heavy atom. The third kappa shape index (κ3) is 5.24. The van der Waals surface area contributed by atoms with Crippen molar-refractivity contribution >= 4 is 29.1 Å². The minimum atomic E-state index is -0.310. The van der Waals surface area contributed by atoms with E-state index in [1.165, 1.54) is 12.1 Å². The van der Waals surface area contributed by atoms with Crippen LogP contribution in [0, 0.1) is 18.2 Å². The number of carbonyl (C=O) groups excluding carboxylic acids is 1. The van der Waals surface area contributed by atoms with E-state index in [2.05, 4.69) is 5.32 Å². The molecule has 0 saturated carbocycles. The molecule has 1 aromatic heterocycles. The summed E-state index contributed by atoms with van der Waals surface area (Å²) >= 11 is 12.1. The molecule has 0 aliphatic rings. The molecule has 2 N–H and O–H groups in total. The number of hydrogen-bond acceptors (Lipinski definition) is 2. The van der Waals surface area contributed by atoms with Crippen molar-refractivity contribution in [2.45, 2.75) is 20.0 Å². The summed E-state index contributed by atoms with van der Waals surface area (Å²) in [5.41, 5.74) is 4.91. The Hall–Kier alpha value is -3.35. The van der Waals surface area contributed by atoms with Gasteiger partial charge in [-0.3, -0.25) is 10.2 Å². The largest absolute Gasteiger partial charge is 0.348 e. The van der Waals surface area contributed by atoms with E-state index in [4.69, 9.17) is 28.6 Å². The highest BCUT2D eigenvalue weighted by Crippen LogP contribution is 2.27. The van der Waals surface area contributed by atoms with Gasteiger partial charge in [-0.25, -0.2) is 4.39 Å². The monoisotopic (exact) mass is 496 g/mol. The van der Waals surface area contributed by atoms with Crippen LogP contribution < -0.4 is 10.9 Å². The van der Waals surface area contributed by atoms with Crippen molar-refractivity contribution in [2.24, 2.45) is 7.05 Å². The summed E-state index contributed by atoms with van der Waals surface area (Å²) in [6.07, 6.45) is 3.63. The molecule has 8 heteroatoms. The molecule has 0 radical (unpaired) electrons. The lowest BCUT2D eigenvalue weighted by Crippen LogP contribution is -2.24. The Balaban J connectivity index is 1.68. The molecule has 1 amide bonds. The fourth-order valence-electron chi connectivity index (χ4n) is 3.80. The van der Waals surface area contributed by atoms with E-state index in [9.17, 15) is 9.18 Å². The normalized spacial score (nSPS) is 11.0. The first-order valence-corrected chi connectivity index (χ1v) is 11.4. The van der Waals surface area contributed by atoms with Crippen LogP contribution in [0.25, 0.3) is 11.1 Å². The summed E-state index contributed by atoms with van der Waals surface area (Å²) in [5, 5.41) is 12.0. The molecule has 0 bridgehead atoms. The summed E-state index contributed by atoms with van der Waals surface area (Å²) in [6.45, 7) is 2.54. The standard InChI is InChI=1S/C26H23Cl2FN4O/c1-16-9-21(29)4-5-22(16)19-10-18(15-33-8-7-32(2)26(33)30)11-20(13-19)25(34)31-14-17-3-6-23(27)24(28)12-17/h3-13,30H,14-15H2,1-2H3,(H,31,34). The van der Waals surface area contributed by atoms with Crippen LogP contribution in [-0.2, 0) is 20.1 Å². The molecular formula is C26H23Cl2FN4O. The molecule has 0 fully saturated rings. The van der Waals surface area contributed by atoms with E-state index in [0.29, 0.717) is 27.8 Å². The Morgan fingerprint density at radius 3 is 2.47 bits per heavy atom. The molecule has 3 aromatic carbocycles. The molecular weight excluding hydrogens is 474 g/mol. The van der Waals surface area contributed by atoms with E-state index in [-0.39, 0.29) is 18.3 Å². The van der Waals surface area contributed by atoms with Crippen molar-refractivity contribution < 1.29 is 9.18 Å². The van der Waals surface area contributed by atoms with E-state index >= 15 is 0 Å². The number of rotatable bonds is 6. The second kappa shape index (κ2) is 9.87. The van der Waals surface area contributed by atoms with Crippen molar-refractivity contribution in [3.8, 4) is 11.1 Å². The summed E-state index contributed by atoms with van der Waals surface area (Å²) in [4.78, 5) is 13.1. The molecule has 0 atom stereocenters. The second-order valence-electron chi connectivity index (χ2n) is 8.17. The molecule has 0 unspecified atom stereocenters. The maximum absolute atomic E-state index is 13.7. The van der Waals surface area contributed by atoms with Gasteiger partial charge >= 0.3 is 0 Å². The number of benzene rings is 3. The number of amides is 1. The third-order valence-corrected chi connectivity index (χ3v) is 6.36. The first-order valence-electron chi connectivity index (χ1n) is 10.6. The lowest BCUT2D eigenvalue weighted by atomic mass is 9.96. The number of nitrogens with zero attached hydrogens (tertiary/aromatic N) is 2. The maximum atomic E-state index is 13.7. The zero-order valence-corrected chi connectivity index (χ0v) is 20.2. The van der Waals surface area contributed by atoms with Gasteiger partial charge in [0.05, 0.1) is 16.6 Å². The number of imidazole rings is 1. The minimum absolute atomic E-state index is 0.252. The van der Waals surface area contributed by atoms with Crippen LogP contribution in [-0.4, -0.2) is 15.0 Å². The summed E-state index contributed by atoms with van der Waals surface area (Å²) in [5.74, 6) is -0.561. The third-order valence-electron chi connectivity index (χ3n) is 5.62. The van der Waals surface area contributed by atoms with Crippen molar-refractivity contribution in [3.05, 3.63) is 111 Å². The quantitative estimate of drug-likeness (QED) is 0.353. The second-order valence-corrected chi connectivity index (χ2v) is 8.98. The van der Waals surface area contributed by atoms with Gasteiger partial charge in [0.15, 0.2) is 0 Å². The number of nitrogens with one attached hydrogen (secondary N) is 2. The molecule has 5 nitrogen and oxygen atoms in total. The SMILES string of the molecule is Cc1cc(F)ccc1-c1cc(Cn2ccn(C)c2=N)cc(C(=O)NCc2ccc(Cl)c(Cl)c2)c1. The van der Waals surface area contributed by atoms with Gasteiger partial charge in [-0.15, -0.1) is 0 Å². The summed E-state index contributed by atoms with van der Waals surface area (Å²) in [7, 11) is 1.80. The highest BCUT2D eigenvalue weighted by molar-refractivity contribution is 6.42. The van der Waals surface area contributed by atoms with Crippen molar-refractivity contribution in [3.63, 3.8) is 0 Å². The molecule has 34 heavy (non-hydrogen) atoms. The van der Waals surface area contributed by atoms with E-state index in [1.54, 1.807) is 52.7 Å². The number of hydrogen-bond donors (Lipinski definition) is 2. The predicted molar refractivity (Wildman–Crippen MR) is 133 cm³/mol. The topological polar surface area (TPSA) is 62.8 Å². The van der Waals surface area contributed by atoms with Crippen molar-refractivity contribution in [1.82, 2.24) is 14.5 Å². The molecule has 1 heterocycles. The summed E-state index contributed by atoms with van der Waals surface area (Å²) in [6, 6.07) is 15.4. The Kier molecular flexibility index (Phi) is 6.91. The average molecular weight is 497 g/mol. The molecule has 0 spiro atoms. The Morgan fingerprint density at radius 2 is 1.79 bits per heavy atom. The molecule has 4 aromatic rings. The maximum Gasteiger partial charge on any atom is 0.251 e. The number of carbonyl (C=O) groups is 1. The van der Waals surface area contributed by atoms with Gasteiger partial charge < -0.3 is 14.5 Å². The molecule has 0 aliphatic carbocycles. The first-order chi connectivity index (χ1) is 16.2. The smallest absolute Gasteiger partial charge is 0.251 e. The Labute approximate surface area is 206 Å². The van der Waals surface area contributed by atoms with Crippen LogP contribution in [0.5, 0.6) is 0 Å². The van der Waals surface area contributed by atoms with Gasteiger partial charge in [0.1, 0.15) is 5.82 Å². The molecule has 4 rings (SSSR count). The van der Waals surface area contributed by atoms with Crippen LogP contribution in [0.4, 0.5) is 4.39 Å². The van der Waals surface area contributed by atoms with Crippen LogP contribution >= 0.6 is 23.2 Å². The zero-order chi connectivity index (χ0) is 24.4. The van der Waals surface area contributed by atoms with Gasteiger partial charge in [0.25, 0.3) is 5.91 Å². The summed E-state index contributed by atoms with van der Waals surface area (Å²) < 4.78 is 17.2. The molecule has 174 valence electrons. The van der Waals surface area contributed by atoms with Gasteiger partial charge in [-0.2, -0.15) is 0 Å². The van der Waals surface area contributed by atoms with Crippen LogP contribution in [0.1, 0.15) is 27.0 Å². The zero-order valence-electron chi connectivity index (χ0n) is 18.7. The van der Waals surface area contributed by atoms with Crippen molar-refractivity contribution in [1.29, 1.82) is 5.41 Å². The molecule has 0 saturated heterocycles. The lowest BCUT2D eigenvalue weighted by Gasteiger charge is -2.13. The minimum Gasteiger partial charge on any atom is -0.348 e. The Bertz CT molecular complexity index is 1440. The van der Waals surface area contributed by atoms with E-state index < -0.39 is 0 Å². The van der Waals surface area contributed by atoms with E-state index in [1.807, 2.05) is 25.3 Å². The van der Waals surface area contributed by atoms with Crippen molar-refractivity contribution in [2.75, 3.05) is 0 Å². The predicted octanol–water partition coefficient (Wildman–Crippen LogP) is 5.71. The van der Waals surface area contributed by atoms with Crippen LogP contribution in [0.2, 0.25) is 10.0 Å². The highest BCUT2D eigenvalue weighted by Gasteiger charge is 2.13. The fourth-order valence-corrected chi connectivity index (χ4v) is 4.12. The first kappa shape index (κ1) is 23.8. The highest BCUT2D eigenvalue weighted by atomic mass is 35.5. The number of aromatic nitrogens is 2.